The molecule has 2 rings (SSSR count). The van der Waals surface area contributed by atoms with E-state index in [4.69, 9.17) is 5.73 Å². The Balaban J connectivity index is 2.23. The lowest BCUT2D eigenvalue weighted by molar-refractivity contribution is 0.102. The Morgan fingerprint density at radius 1 is 1.10 bits per heavy atom. The van der Waals surface area contributed by atoms with Gasteiger partial charge < -0.3 is 11.1 Å². The maximum Gasteiger partial charge on any atom is 0.255 e. The minimum atomic E-state index is -1.36. The minimum absolute atomic E-state index is 0.228. The second kappa shape index (κ2) is 5.75. The summed E-state index contributed by atoms with van der Waals surface area (Å²) in [7, 11) is 0. The van der Waals surface area contributed by atoms with Crippen LogP contribution >= 0.6 is 0 Å². The third-order valence-electron chi connectivity index (χ3n) is 2.69. The molecule has 20 heavy (non-hydrogen) atoms. The number of nitrogens with one attached hydrogen (secondary N) is 1. The first-order valence-corrected chi connectivity index (χ1v) is 5.76. The van der Waals surface area contributed by atoms with Crippen LogP contribution in [-0.2, 0) is 6.54 Å². The van der Waals surface area contributed by atoms with Crippen LogP contribution in [-0.4, -0.2) is 5.91 Å². The van der Waals surface area contributed by atoms with Crippen molar-refractivity contribution in [3.05, 3.63) is 65.0 Å². The molecule has 0 heterocycles. The van der Waals surface area contributed by atoms with Crippen LogP contribution in [0.3, 0.4) is 0 Å². The molecule has 0 aliphatic carbocycles. The van der Waals surface area contributed by atoms with E-state index in [0.29, 0.717) is 18.7 Å². The molecule has 2 aromatic rings. The fourth-order valence-corrected chi connectivity index (χ4v) is 1.63. The summed E-state index contributed by atoms with van der Waals surface area (Å²) in [5.41, 5.74) is 5.92. The van der Waals surface area contributed by atoms with Crippen LogP contribution in [0.4, 0.5) is 18.9 Å². The predicted molar refractivity (Wildman–Crippen MR) is 68.6 cm³/mol. The molecule has 2 aromatic carbocycles. The Kier molecular flexibility index (Phi) is 4.05. The number of carbonyl (C=O) groups is 1. The Bertz CT molecular complexity index is 642. The molecule has 0 atom stereocenters. The maximum atomic E-state index is 13.4. The van der Waals surface area contributed by atoms with Crippen molar-refractivity contribution in [2.75, 3.05) is 5.32 Å². The Hall–Kier alpha value is -2.34. The number of hydrogen-bond acceptors (Lipinski definition) is 2. The van der Waals surface area contributed by atoms with Gasteiger partial charge in [0.05, 0.1) is 5.69 Å². The average molecular weight is 280 g/mol. The smallest absolute Gasteiger partial charge is 0.255 e. The van der Waals surface area contributed by atoms with Crippen LogP contribution in [0, 0.1) is 17.5 Å². The standard InChI is InChI=1S/C14H11F3N2O/c15-10-5-11(16)13(17)12(6-10)19-14(20)9-3-1-8(7-18)2-4-9/h1-6H,7,18H2,(H,19,20). The molecule has 0 spiro atoms. The summed E-state index contributed by atoms with van der Waals surface area (Å²) in [6.45, 7) is 0.325. The number of nitrogens with two attached hydrogens (primary N) is 1. The van der Waals surface area contributed by atoms with Crippen LogP contribution in [0.25, 0.3) is 0 Å². The summed E-state index contributed by atoms with van der Waals surface area (Å²) in [5, 5.41) is 2.12. The first kappa shape index (κ1) is 14.1. The average Bonchev–Trinajstić information content (AvgIpc) is 2.44. The van der Waals surface area contributed by atoms with E-state index in [1.54, 1.807) is 12.1 Å². The summed E-state index contributed by atoms with van der Waals surface area (Å²) in [6.07, 6.45) is 0. The second-order valence-corrected chi connectivity index (χ2v) is 4.10. The molecular formula is C14H11F3N2O. The lowest BCUT2D eigenvalue weighted by Crippen LogP contribution is -2.14. The van der Waals surface area contributed by atoms with Gasteiger partial charge in [0.1, 0.15) is 5.82 Å². The van der Waals surface area contributed by atoms with Gasteiger partial charge in [-0.05, 0) is 17.7 Å². The van der Waals surface area contributed by atoms with Gasteiger partial charge in [-0.2, -0.15) is 0 Å². The molecule has 0 saturated heterocycles. The van der Waals surface area contributed by atoms with Crippen molar-refractivity contribution < 1.29 is 18.0 Å². The molecule has 0 unspecified atom stereocenters. The quantitative estimate of drug-likeness (QED) is 0.849. The summed E-state index contributed by atoms with van der Waals surface area (Å²) in [5.74, 6) is -4.31. The van der Waals surface area contributed by atoms with Crippen molar-refractivity contribution in [2.24, 2.45) is 5.73 Å². The van der Waals surface area contributed by atoms with Gasteiger partial charge in [0.25, 0.3) is 5.91 Å². The Morgan fingerprint density at radius 2 is 1.75 bits per heavy atom. The van der Waals surface area contributed by atoms with Crippen LogP contribution in [0.15, 0.2) is 36.4 Å². The van der Waals surface area contributed by atoms with Gasteiger partial charge in [0.2, 0.25) is 0 Å². The van der Waals surface area contributed by atoms with Crippen LogP contribution in [0.1, 0.15) is 15.9 Å². The van der Waals surface area contributed by atoms with Gasteiger partial charge >= 0.3 is 0 Å². The van der Waals surface area contributed by atoms with Gasteiger partial charge in [0, 0.05) is 24.2 Å². The van der Waals surface area contributed by atoms with Gasteiger partial charge in [-0.3, -0.25) is 4.79 Å². The SMILES string of the molecule is NCc1ccc(C(=O)Nc2cc(F)cc(F)c2F)cc1. The highest BCUT2D eigenvalue weighted by Gasteiger charge is 2.14. The van der Waals surface area contributed by atoms with E-state index in [2.05, 4.69) is 5.32 Å². The van der Waals surface area contributed by atoms with Crippen LogP contribution < -0.4 is 11.1 Å². The number of hydrogen-bond donors (Lipinski definition) is 2. The molecule has 104 valence electrons. The van der Waals surface area contributed by atoms with Gasteiger partial charge in [0.15, 0.2) is 11.6 Å². The topological polar surface area (TPSA) is 55.1 Å². The number of carbonyl (C=O) groups excluding carboxylic acids is 1. The van der Waals surface area contributed by atoms with E-state index in [1.165, 1.54) is 12.1 Å². The molecule has 0 radical (unpaired) electrons. The molecule has 0 aliphatic rings. The summed E-state index contributed by atoms with van der Waals surface area (Å²) < 4.78 is 39.4. The highest BCUT2D eigenvalue weighted by atomic mass is 19.2. The van der Waals surface area contributed by atoms with E-state index in [1.807, 2.05) is 0 Å². The maximum absolute atomic E-state index is 13.4. The van der Waals surface area contributed by atoms with E-state index >= 15 is 0 Å². The fraction of sp³-hybridized carbons (Fsp3) is 0.0714. The lowest BCUT2D eigenvalue weighted by Gasteiger charge is -2.07. The zero-order chi connectivity index (χ0) is 14.7. The Labute approximate surface area is 113 Å². The zero-order valence-electron chi connectivity index (χ0n) is 10.3. The zero-order valence-corrected chi connectivity index (χ0v) is 10.3. The molecule has 0 saturated carbocycles. The number of halogens is 3. The molecule has 0 aliphatic heterocycles. The molecule has 0 aromatic heterocycles. The number of anilines is 1. The largest absolute Gasteiger partial charge is 0.326 e. The van der Waals surface area contributed by atoms with Gasteiger partial charge in [-0.1, -0.05) is 12.1 Å². The van der Waals surface area contributed by atoms with Crippen molar-refractivity contribution in [1.82, 2.24) is 0 Å². The summed E-state index contributed by atoms with van der Waals surface area (Å²) >= 11 is 0. The number of benzene rings is 2. The third kappa shape index (κ3) is 2.97. The van der Waals surface area contributed by atoms with Crippen molar-refractivity contribution in [1.29, 1.82) is 0 Å². The highest BCUT2D eigenvalue weighted by molar-refractivity contribution is 6.04. The fourth-order valence-electron chi connectivity index (χ4n) is 1.63. The van der Waals surface area contributed by atoms with E-state index in [-0.39, 0.29) is 5.56 Å². The number of rotatable bonds is 3. The van der Waals surface area contributed by atoms with Gasteiger partial charge in [-0.25, -0.2) is 13.2 Å². The predicted octanol–water partition coefficient (Wildman–Crippen LogP) is 2.81. The third-order valence-corrected chi connectivity index (χ3v) is 2.69. The lowest BCUT2D eigenvalue weighted by atomic mass is 10.1. The monoisotopic (exact) mass is 280 g/mol. The molecule has 6 heteroatoms. The van der Waals surface area contributed by atoms with Gasteiger partial charge in [-0.15, -0.1) is 0 Å². The number of amides is 1. The van der Waals surface area contributed by atoms with E-state index in [9.17, 15) is 18.0 Å². The van der Waals surface area contributed by atoms with Crippen LogP contribution in [0.5, 0.6) is 0 Å². The highest BCUT2D eigenvalue weighted by Crippen LogP contribution is 2.20. The molecule has 3 N–H and O–H groups in total. The van der Waals surface area contributed by atoms with Crippen molar-refractivity contribution >= 4 is 11.6 Å². The first-order valence-electron chi connectivity index (χ1n) is 5.76. The molecular weight excluding hydrogens is 269 g/mol. The van der Waals surface area contributed by atoms with E-state index in [0.717, 1.165) is 5.56 Å². The molecule has 0 fully saturated rings. The second-order valence-electron chi connectivity index (χ2n) is 4.10. The molecule has 0 bridgehead atoms. The minimum Gasteiger partial charge on any atom is -0.326 e. The molecule has 3 nitrogen and oxygen atoms in total. The summed E-state index contributed by atoms with van der Waals surface area (Å²) in [6, 6.07) is 7.37. The van der Waals surface area contributed by atoms with Crippen molar-refractivity contribution in [3.8, 4) is 0 Å². The normalized spacial score (nSPS) is 10.4. The Morgan fingerprint density at radius 3 is 2.35 bits per heavy atom. The summed E-state index contributed by atoms with van der Waals surface area (Å²) in [4.78, 5) is 11.8. The van der Waals surface area contributed by atoms with E-state index < -0.39 is 29.0 Å². The van der Waals surface area contributed by atoms with Crippen molar-refractivity contribution in [2.45, 2.75) is 6.54 Å². The first-order chi connectivity index (χ1) is 9.51. The van der Waals surface area contributed by atoms with Crippen molar-refractivity contribution in [3.63, 3.8) is 0 Å². The van der Waals surface area contributed by atoms with Crippen LogP contribution in [0.2, 0.25) is 0 Å². The molecule has 1 amide bonds.